The normalized spacial score (nSPS) is 14.6. The van der Waals surface area contributed by atoms with Crippen molar-refractivity contribution in [3.8, 4) is 11.3 Å². The molecule has 1 aliphatic heterocycles. The van der Waals surface area contributed by atoms with Gasteiger partial charge in [0.05, 0.1) is 11.8 Å². The molecule has 1 aliphatic rings. The fourth-order valence-corrected chi connectivity index (χ4v) is 2.85. The zero-order valence-corrected chi connectivity index (χ0v) is 14.1. The van der Waals surface area contributed by atoms with E-state index >= 15 is 0 Å². The molecule has 2 amide bonds. The van der Waals surface area contributed by atoms with Crippen LogP contribution in [-0.4, -0.2) is 52.8 Å². The number of benzene rings is 1. The van der Waals surface area contributed by atoms with Crippen molar-refractivity contribution in [1.29, 1.82) is 0 Å². The fraction of sp³-hybridized carbons (Fsp3) is 0.389. The molecule has 1 fully saturated rings. The molecule has 0 atom stereocenters. The minimum atomic E-state index is -0.371. The van der Waals surface area contributed by atoms with E-state index in [2.05, 4.69) is 4.98 Å². The average molecular weight is 345 g/mol. The molecular formula is C18H20FN3O3. The third-order valence-corrected chi connectivity index (χ3v) is 4.32. The lowest BCUT2D eigenvalue weighted by molar-refractivity contribution is -0.138. The van der Waals surface area contributed by atoms with Gasteiger partial charge in [-0.25, -0.2) is 9.37 Å². The molecule has 1 aromatic heterocycles. The van der Waals surface area contributed by atoms with E-state index < -0.39 is 0 Å². The first-order valence-electron chi connectivity index (χ1n) is 8.27. The second-order valence-electron chi connectivity index (χ2n) is 5.98. The number of carbonyl (C=O) groups is 2. The fourth-order valence-electron chi connectivity index (χ4n) is 2.85. The first-order chi connectivity index (χ1) is 12.0. The summed E-state index contributed by atoms with van der Waals surface area (Å²) in [4.78, 5) is 31.2. The number of carbonyl (C=O) groups excluding carboxylic acids is 2. The summed E-state index contributed by atoms with van der Waals surface area (Å²) >= 11 is 0. The zero-order chi connectivity index (χ0) is 17.8. The molecule has 3 rings (SSSR count). The number of hydrogen-bond donors (Lipinski definition) is 0. The van der Waals surface area contributed by atoms with E-state index in [1.165, 1.54) is 19.2 Å². The average Bonchev–Trinajstić information content (AvgIpc) is 3.09. The number of piperazine rings is 1. The Labute approximate surface area is 145 Å². The van der Waals surface area contributed by atoms with E-state index in [1.807, 2.05) is 0 Å². The van der Waals surface area contributed by atoms with Crippen molar-refractivity contribution in [2.75, 3.05) is 26.2 Å². The van der Waals surface area contributed by atoms with Gasteiger partial charge in [0.2, 0.25) is 11.8 Å². The summed E-state index contributed by atoms with van der Waals surface area (Å²) in [5.41, 5.74) is 0.355. The molecule has 6 nitrogen and oxygen atoms in total. The van der Waals surface area contributed by atoms with Crippen molar-refractivity contribution < 1.29 is 18.4 Å². The van der Waals surface area contributed by atoms with Crippen LogP contribution in [0.4, 0.5) is 4.39 Å². The van der Waals surface area contributed by atoms with E-state index in [0.717, 1.165) is 0 Å². The molecule has 25 heavy (non-hydrogen) atoms. The Morgan fingerprint density at radius 2 is 1.84 bits per heavy atom. The molecule has 0 N–H and O–H groups in total. The van der Waals surface area contributed by atoms with Crippen LogP contribution in [0.15, 0.2) is 34.9 Å². The molecular weight excluding hydrogens is 325 g/mol. The summed E-state index contributed by atoms with van der Waals surface area (Å²) in [6, 6.07) is 6.33. The molecule has 1 aromatic carbocycles. The van der Waals surface area contributed by atoms with Crippen LogP contribution in [0.3, 0.4) is 0 Å². The molecule has 0 spiro atoms. The van der Waals surface area contributed by atoms with Gasteiger partial charge < -0.3 is 14.2 Å². The highest BCUT2D eigenvalue weighted by molar-refractivity contribution is 5.77. The topological polar surface area (TPSA) is 66.7 Å². The Morgan fingerprint density at radius 1 is 1.16 bits per heavy atom. The highest BCUT2D eigenvalue weighted by Gasteiger charge is 2.22. The summed E-state index contributed by atoms with van der Waals surface area (Å²) in [5.74, 6) is 0.440. The summed E-state index contributed by atoms with van der Waals surface area (Å²) < 4.78 is 19.3. The van der Waals surface area contributed by atoms with Gasteiger partial charge in [0.1, 0.15) is 5.82 Å². The minimum absolute atomic E-state index is 0.00819. The van der Waals surface area contributed by atoms with Crippen LogP contribution in [0.5, 0.6) is 0 Å². The maximum atomic E-state index is 13.8. The Balaban J connectivity index is 1.53. The van der Waals surface area contributed by atoms with Gasteiger partial charge in [-0.3, -0.25) is 9.59 Å². The van der Waals surface area contributed by atoms with Crippen LogP contribution in [0, 0.1) is 5.82 Å². The van der Waals surface area contributed by atoms with E-state index in [9.17, 15) is 14.0 Å². The van der Waals surface area contributed by atoms with Gasteiger partial charge in [-0.05, 0) is 12.1 Å². The summed E-state index contributed by atoms with van der Waals surface area (Å²) in [6.45, 7) is 3.76. The van der Waals surface area contributed by atoms with Crippen molar-refractivity contribution in [3.05, 3.63) is 42.2 Å². The lowest BCUT2D eigenvalue weighted by atomic mass is 10.2. The van der Waals surface area contributed by atoms with Crippen molar-refractivity contribution in [2.45, 2.75) is 19.8 Å². The molecule has 0 aliphatic carbocycles. The van der Waals surface area contributed by atoms with Gasteiger partial charge in [-0.1, -0.05) is 12.1 Å². The Bertz CT molecular complexity index is 766. The van der Waals surface area contributed by atoms with E-state index in [-0.39, 0.29) is 24.1 Å². The van der Waals surface area contributed by atoms with Crippen molar-refractivity contribution >= 4 is 11.8 Å². The van der Waals surface area contributed by atoms with Gasteiger partial charge in [0.15, 0.2) is 11.7 Å². The standard InChI is InChI=1S/C18H20FN3O3/c1-13(23)21-8-10-22(11-9-21)18(24)7-6-17-20-12-16(25-17)14-4-2-3-5-15(14)19/h2-5,12H,6-11H2,1H3. The number of hydrogen-bond acceptors (Lipinski definition) is 4. The predicted octanol–water partition coefficient (Wildman–Crippen LogP) is 2.10. The molecule has 7 heteroatoms. The molecule has 0 unspecified atom stereocenters. The first kappa shape index (κ1) is 17.1. The van der Waals surface area contributed by atoms with Crippen LogP contribution in [0.25, 0.3) is 11.3 Å². The second kappa shape index (κ2) is 7.46. The number of rotatable bonds is 4. The van der Waals surface area contributed by atoms with E-state index in [4.69, 9.17) is 4.42 Å². The predicted molar refractivity (Wildman–Crippen MR) is 89.1 cm³/mol. The van der Waals surface area contributed by atoms with E-state index in [1.54, 1.807) is 28.0 Å². The molecule has 2 aromatic rings. The molecule has 0 bridgehead atoms. The number of halogens is 1. The zero-order valence-electron chi connectivity index (χ0n) is 14.1. The van der Waals surface area contributed by atoms with Crippen molar-refractivity contribution in [1.82, 2.24) is 14.8 Å². The molecule has 0 saturated carbocycles. The largest absolute Gasteiger partial charge is 0.441 e. The third kappa shape index (κ3) is 4.04. The quantitative estimate of drug-likeness (QED) is 0.851. The van der Waals surface area contributed by atoms with Crippen LogP contribution < -0.4 is 0 Å². The van der Waals surface area contributed by atoms with Gasteiger partial charge in [-0.2, -0.15) is 0 Å². The highest BCUT2D eigenvalue weighted by atomic mass is 19.1. The van der Waals surface area contributed by atoms with Crippen LogP contribution in [-0.2, 0) is 16.0 Å². The lowest BCUT2D eigenvalue weighted by Gasteiger charge is -2.34. The number of amides is 2. The van der Waals surface area contributed by atoms with Crippen LogP contribution >= 0.6 is 0 Å². The lowest BCUT2D eigenvalue weighted by Crippen LogP contribution is -2.50. The van der Waals surface area contributed by atoms with E-state index in [0.29, 0.717) is 49.8 Å². The Hall–Kier alpha value is -2.70. The highest BCUT2D eigenvalue weighted by Crippen LogP contribution is 2.23. The van der Waals surface area contributed by atoms with Gasteiger partial charge in [0.25, 0.3) is 0 Å². The summed E-state index contributed by atoms with van der Waals surface area (Å²) in [7, 11) is 0. The Kier molecular flexibility index (Phi) is 5.11. The second-order valence-corrected chi connectivity index (χ2v) is 5.98. The number of aromatic nitrogens is 1. The number of oxazole rings is 1. The SMILES string of the molecule is CC(=O)N1CCN(C(=O)CCc2ncc(-c3ccccc3F)o2)CC1. The minimum Gasteiger partial charge on any atom is -0.441 e. The van der Waals surface area contributed by atoms with Gasteiger partial charge >= 0.3 is 0 Å². The van der Waals surface area contributed by atoms with Crippen LogP contribution in [0.2, 0.25) is 0 Å². The monoisotopic (exact) mass is 345 g/mol. The molecule has 1 saturated heterocycles. The Morgan fingerprint density at radius 3 is 2.52 bits per heavy atom. The van der Waals surface area contributed by atoms with Crippen LogP contribution in [0.1, 0.15) is 19.2 Å². The number of nitrogens with zero attached hydrogens (tertiary/aromatic N) is 3. The third-order valence-electron chi connectivity index (χ3n) is 4.32. The maximum absolute atomic E-state index is 13.8. The summed E-state index contributed by atoms with van der Waals surface area (Å²) in [5, 5.41) is 0. The number of aryl methyl sites for hydroxylation is 1. The first-order valence-corrected chi connectivity index (χ1v) is 8.27. The maximum Gasteiger partial charge on any atom is 0.223 e. The molecule has 2 heterocycles. The van der Waals surface area contributed by atoms with Gasteiger partial charge in [-0.15, -0.1) is 0 Å². The van der Waals surface area contributed by atoms with Gasteiger partial charge in [0, 0.05) is 45.9 Å². The summed E-state index contributed by atoms with van der Waals surface area (Å²) in [6.07, 6.45) is 2.11. The van der Waals surface area contributed by atoms with Crippen molar-refractivity contribution in [3.63, 3.8) is 0 Å². The smallest absolute Gasteiger partial charge is 0.223 e. The molecule has 132 valence electrons. The molecule has 0 radical (unpaired) electrons. The van der Waals surface area contributed by atoms with Crippen molar-refractivity contribution in [2.24, 2.45) is 0 Å².